The average molecular weight is 283 g/mol. The monoisotopic (exact) mass is 283 g/mol. The molecular formula is C14H19F2N3O. The maximum absolute atomic E-state index is 13.1. The van der Waals surface area contributed by atoms with E-state index < -0.39 is 17.2 Å². The molecule has 4 nitrogen and oxygen atoms in total. The van der Waals surface area contributed by atoms with Crippen LogP contribution in [0, 0.1) is 11.6 Å². The lowest BCUT2D eigenvalue weighted by Crippen LogP contribution is -2.46. The van der Waals surface area contributed by atoms with Crippen LogP contribution in [0.2, 0.25) is 0 Å². The smallest absolute Gasteiger partial charge is 0.191 e. The molecule has 1 aliphatic rings. The summed E-state index contributed by atoms with van der Waals surface area (Å²) in [7, 11) is 0. The number of benzene rings is 1. The fourth-order valence-electron chi connectivity index (χ4n) is 1.90. The Morgan fingerprint density at radius 3 is 2.55 bits per heavy atom. The molecule has 1 atom stereocenters. The lowest BCUT2D eigenvalue weighted by molar-refractivity contribution is 0.112. The predicted molar refractivity (Wildman–Crippen MR) is 74.0 cm³/mol. The molecule has 0 bridgehead atoms. The highest BCUT2D eigenvalue weighted by Gasteiger charge is 2.22. The Morgan fingerprint density at radius 1 is 1.35 bits per heavy atom. The molecule has 2 N–H and O–H groups in total. The molecule has 0 fully saturated rings. The van der Waals surface area contributed by atoms with Crippen molar-refractivity contribution in [2.45, 2.75) is 32.4 Å². The maximum Gasteiger partial charge on any atom is 0.191 e. The zero-order valence-corrected chi connectivity index (χ0v) is 11.8. The second-order valence-electron chi connectivity index (χ2n) is 5.56. The van der Waals surface area contributed by atoms with E-state index in [0.29, 0.717) is 12.6 Å². The Balaban J connectivity index is 1.93. The Labute approximate surface area is 117 Å². The maximum atomic E-state index is 13.1. The van der Waals surface area contributed by atoms with Crippen molar-refractivity contribution in [3.63, 3.8) is 0 Å². The number of aliphatic imine (C=N–C) groups is 1. The quantitative estimate of drug-likeness (QED) is 0.889. The van der Waals surface area contributed by atoms with E-state index in [2.05, 4.69) is 15.6 Å². The second-order valence-corrected chi connectivity index (χ2v) is 5.56. The van der Waals surface area contributed by atoms with Crippen molar-refractivity contribution in [3.8, 4) is 5.75 Å². The van der Waals surface area contributed by atoms with Gasteiger partial charge in [0, 0.05) is 24.2 Å². The van der Waals surface area contributed by atoms with Crippen LogP contribution in [-0.2, 0) is 0 Å². The molecule has 1 aromatic carbocycles. The molecule has 0 spiro atoms. The summed E-state index contributed by atoms with van der Waals surface area (Å²) >= 11 is 0. The summed E-state index contributed by atoms with van der Waals surface area (Å²) in [4.78, 5) is 4.27. The fourth-order valence-corrected chi connectivity index (χ4v) is 1.90. The zero-order chi connectivity index (χ0) is 14.8. The number of hydrogen-bond acceptors (Lipinski definition) is 4. The van der Waals surface area contributed by atoms with E-state index >= 15 is 0 Å². The van der Waals surface area contributed by atoms with E-state index in [-0.39, 0.29) is 5.75 Å². The van der Waals surface area contributed by atoms with E-state index in [0.717, 1.165) is 30.7 Å². The lowest BCUT2D eigenvalue weighted by atomic mass is 10.1. The number of nitrogens with zero attached hydrogens (tertiary/aromatic N) is 1. The van der Waals surface area contributed by atoms with Gasteiger partial charge in [0.1, 0.15) is 23.0 Å². The third-order valence-electron chi connectivity index (χ3n) is 2.82. The van der Waals surface area contributed by atoms with Crippen molar-refractivity contribution in [2.75, 3.05) is 13.1 Å². The first-order valence-electron chi connectivity index (χ1n) is 6.54. The fraction of sp³-hybridized carbons (Fsp3) is 0.500. The van der Waals surface area contributed by atoms with Gasteiger partial charge in [-0.3, -0.25) is 4.99 Å². The third-order valence-corrected chi connectivity index (χ3v) is 2.82. The summed E-state index contributed by atoms with van der Waals surface area (Å²) in [6, 6.07) is 3.46. The first-order valence-corrected chi connectivity index (χ1v) is 6.54. The van der Waals surface area contributed by atoms with E-state index in [4.69, 9.17) is 4.74 Å². The van der Waals surface area contributed by atoms with E-state index in [9.17, 15) is 8.78 Å². The SMILES string of the molecule is CC1CN=C(NCC(C)(C)Oc2cc(F)cc(F)c2)N1. The van der Waals surface area contributed by atoms with Crippen molar-refractivity contribution in [2.24, 2.45) is 4.99 Å². The van der Waals surface area contributed by atoms with E-state index in [1.807, 2.05) is 20.8 Å². The Hall–Kier alpha value is -1.85. The molecule has 6 heteroatoms. The lowest BCUT2D eigenvalue weighted by Gasteiger charge is -2.27. The molecule has 1 aliphatic heterocycles. The largest absolute Gasteiger partial charge is 0.486 e. The molecule has 20 heavy (non-hydrogen) atoms. The number of hydrogen-bond donors (Lipinski definition) is 2. The van der Waals surface area contributed by atoms with Crippen molar-refractivity contribution in [1.82, 2.24) is 10.6 Å². The number of guanidine groups is 1. The van der Waals surface area contributed by atoms with Gasteiger partial charge in [-0.25, -0.2) is 8.78 Å². The minimum atomic E-state index is -0.653. The predicted octanol–water partition coefficient (Wildman–Crippen LogP) is 2.06. The summed E-state index contributed by atoms with van der Waals surface area (Å²) in [5.74, 6) is -0.414. The van der Waals surface area contributed by atoms with Gasteiger partial charge < -0.3 is 15.4 Å². The van der Waals surface area contributed by atoms with Crippen LogP contribution in [0.25, 0.3) is 0 Å². The molecular weight excluding hydrogens is 264 g/mol. The standard InChI is InChI=1S/C14H19F2N3O/c1-9-7-17-13(19-9)18-8-14(2,3)20-12-5-10(15)4-11(16)6-12/h4-6,9H,7-8H2,1-3H3,(H2,17,18,19). The molecule has 2 rings (SSSR count). The second kappa shape index (κ2) is 5.64. The van der Waals surface area contributed by atoms with E-state index in [1.165, 1.54) is 0 Å². The molecule has 0 aromatic heterocycles. The van der Waals surface area contributed by atoms with Gasteiger partial charge in [-0.1, -0.05) is 0 Å². The van der Waals surface area contributed by atoms with Crippen LogP contribution >= 0.6 is 0 Å². The van der Waals surface area contributed by atoms with Crippen molar-refractivity contribution in [1.29, 1.82) is 0 Å². The number of nitrogens with one attached hydrogen (secondary N) is 2. The highest BCUT2D eigenvalue weighted by atomic mass is 19.1. The molecule has 0 aliphatic carbocycles. The van der Waals surface area contributed by atoms with Crippen molar-refractivity contribution < 1.29 is 13.5 Å². The van der Waals surface area contributed by atoms with Crippen LogP contribution in [-0.4, -0.2) is 30.7 Å². The van der Waals surface area contributed by atoms with Gasteiger partial charge >= 0.3 is 0 Å². The van der Waals surface area contributed by atoms with Crippen molar-refractivity contribution >= 4 is 5.96 Å². The molecule has 1 heterocycles. The van der Waals surface area contributed by atoms with Crippen LogP contribution in [0.3, 0.4) is 0 Å². The van der Waals surface area contributed by atoms with Crippen LogP contribution in [0.1, 0.15) is 20.8 Å². The summed E-state index contributed by atoms with van der Waals surface area (Å²) in [5, 5.41) is 6.30. The molecule has 1 aromatic rings. The first kappa shape index (κ1) is 14.6. The van der Waals surface area contributed by atoms with Crippen LogP contribution in [0.15, 0.2) is 23.2 Å². The van der Waals surface area contributed by atoms with Crippen LogP contribution in [0.5, 0.6) is 5.75 Å². The summed E-state index contributed by atoms with van der Waals surface area (Å²) in [6.07, 6.45) is 0. The molecule has 0 amide bonds. The molecule has 0 saturated carbocycles. The van der Waals surface area contributed by atoms with E-state index in [1.54, 1.807) is 0 Å². The highest BCUT2D eigenvalue weighted by molar-refractivity contribution is 5.81. The number of rotatable bonds is 4. The highest BCUT2D eigenvalue weighted by Crippen LogP contribution is 2.20. The minimum absolute atomic E-state index is 0.170. The van der Waals surface area contributed by atoms with Crippen LogP contribution in [0.4, 0.5) is 8.78 Å². The summed E-state index contributed by atoms with van der Waals surface area (Å²) in [6.45, 7) is 6.90. The summed E-state index contributed by atoms with van der Waals surface area (Å²) < 4.78 is 31.9. The van der Waals surface area contributed by atoms with Gasteiger partial charge in [-0.05, 0) is 20.8 Å². The number of halogens is 2. The molecule has 0 saturated heterocycles. The topological polar surface area (TPSA) is 45.7 Å². The van der Waals surface area contributed by atoms with Crippen LogP contribution < -0.4 is 15.4 Å². The Bertz CT molecular complexity index is 497. The Morgan fingerprint density at radius 2 is 2.00 bits per heavy atom. The molecule has 1 unspecified atom stereocenters. The minimum Gasteiger partial charge on any atom is -0.486 e. The zero-order valence-electron chi connectivity index (χ0n) is 11.8. The van der Waals surface area contributed by atoms with Gasteiger partial charge in [0.05, 0.1) is 13.1 Å². The Kier molecular flexibility index (Phi) is 4.11. The molecule has 110 valence electrons. The van der Waals surface area contributed by atoms with Gasteiger partial charge in [-0.15, -0.1) is 0 Å². The van der Waals surface area contributed by atoms with Gasteiger partial charge in [-0.2, -0.15) is 0 Å². The average Bonchev–Trinajstić information content (AvgIpc) is 2.70. The van der Waals surface area contributed by atoms with Gasteiger partial charge in [0.15, 0.2) is 5.96 Å². The normalized spacial score (nSPS) is 18.4. The van der Waals surface area contributed by atoms with Gasteiger partial charge in [0.25, 0.3) is 0 Å². The summed E-state index contributed by atoms with van der Waals surface area (Å²) in [5.41, 5.74) is -0.629. The van der Waals surface area contributed by atoms with Crippen molar-refractivity contribution in [3.05, 3.63) is 29.8 Å². The molecule has 0 radical (unpaired) electrons. The number of ether oxygens (including phenoxy) is 1. The first-order chi connectivity index (χ1) is 9.34. The third kappa shape index (κ3) is 4.08. The van der Waals surface area contributed by atoms with Gasteiger partial charge in [0.2, 0.25) is 0 Å².